The molecule has 0 amide bonds. The lowest BCUT2D eigenvalue weighted by atomic mass is 9.70. The summed E-state index contributed by atoms with van der Waals surface area (Å²) < 4.78 is 26.6. The molecule has 1 aromatic carbocycles. The van der Waals surface area contributed by atoms with E-state index in [2.05, 4.69) is 6.92 Å². The first kappa shape index (κ1) is 13.1. The van der Waals surface area contributed by atoms with Gasteiger partial charge in [-0.05, 0) is 73.1 Å². The molecule has 0 radical (unpaired) electrons. The number of hydrogen-bond acceptors (Lipinski definition) is 0. The molecule has 0 N–H and O–H groups in total. The smallest absolute Gasteiger partial charge is 0.159 e. The average molecular weight is 264 g/mol. The van der Waals surface area contributed by atoms with Crippen molar-refractivity contribution in [3.8, 4) is 0 Å². The summed E-state index contributed by atoms with van der Waals surface area (Å²) in [6.07, 6.45) is 8.35. The monoisotopic (exact) mass is 264 g/mol. The van der Waals surface area contributed by atoms with E-state index in [9.17, 15) is 8.78 Å². The maximum Gasteiger partial charge on any atom is 0.159 e. The summed E-state index contributed by atoms with van der Waals surface area (Å²) in [5.74, 6) is 0.987. The lowest BCUT2D eigenvalue weighted by Gasteiger charge is -2.35. The highest BCUT2D eigenvalue weighted by molar-refractivity contribution is 5.31. The van der Waals surface area contributed by atoms with E-state index >= 15 is 0 Å². The Hall–Kier alpha value is -0.920. The number of benzene rings is 1. The molecule has 19 heavy (non-hydrogen) atoms. The van der Waals surface area contributed by atoms with Crippen LogP contribution in [0.5, 0.6) is 0 Å². The van der Waals surface area contributed by atoms with Gasteiger partial charge in [-0.1, -0.05) is 19.8 Å². The predicted octanol–water partition coefficient (Wildman–Crippen LogP) is 4.90. The van der Waals surface area contributed by atoms with Crippen LogP contribution in [-0.4, -0.2) is 0 Å². The maximum absolute atomic E-state index is 13.4. The highest BCUT2D eigenvalue weighted by Gasteiger charge is 2.29. The number of fused-ring (bicyclic) bond motifs is 1. The predicted molar refractivity (Wildman–Crippen MR) is 73.0 cm³/mol. The van der Waals surface area contributed by atoms with E-state index in [1.165, 1.54) is 37.8 Å². The van der Waals surface area contributed by atoms with E-state index in [4.69, 9.17) is 0 Å². The first-order valence-electron chi connectivity index (χ1n) is 7.60. The molecular weight excluding hydrogens is 242 g/mol. The van der Waals surface area contributed by atoms with Gasteiger partial charge in [-0.3, -0.25) is 0 Å². The number of aryl methyl sites for hydroxylation is 1. The van der Waals surface area contributed by atoms with Gasteiger partial charge < -0.3 is 0 Å². The third-order valence-electron chi connectivity index (χ3n) is 5.24. The van der Waals surface area contributed by atoms with Crippen LogP contribution < -0.4 is 0 Å². The fourth-order valence-corrected chi connectivity index (χ4v) is 3.94. The zero-order chi connectivity index (χ0) is 13.4. The van der Waals surface area contributed by atoms with E-state index < -0.39 is 11.6 Å². The molecule has 1 fully saturated rings. The minimum atomic E-state index is -0.691. The van der Waals surface area contributed by atoms with Crippen molar-refractivity contribution in [3.63, 3.8) is 0 Å². The molecule has 2 aliphatic carbocycles. The molecule has 2 aliphatic rings. The minimum Gasteiger partial charge on any atom is -0.204 e. The van der Waals surface area contributed by atoms with Gasteiger partial charge >= 0.3 is 0 Å². The molecule has 0 nitrogen and oxygen atoms in total. The van der Waals surface area contributed by atoms with Gasteiger partial charge in [-0.2, -0.15) is 0 Å². The molecule has 0 bridgehead atoms. The van der Waals surface area contributed by atoms with Crippen LogP contribution in [-0.2, 0) is 12.8 Å². The largest absolute Gasteiger partial charge is 0.204 e. The molecule has 0 heterocycles. The Bertz CT molecular complexity index is 459. The van der Waals surface area contributed by atoms with Crippen molar-refractivity contribution < 1.29 is 8.78 Å². The molecule has 1 saturated carbocycles. The topological polar surface area (TPSA) is 0 Å². The highest BCUT2D eigenvalue weighted by Crippen LogP contribution is 2.39. The van der Waals surface area contributed by atoms with Gasteiger partial charge in [0.15, 0.2) is 11.6 Å². The first-order valence-corrected chi connectivity index (χ1v) is 7.60. The second-order valence-electron chi connectivity index (χ2n) is 6.56. The minimum absolute atomic E-state index is 0.684. The number of hydrogen-bond donors (Lipinski definition) is 0. The normalized spacial score (nSPS) is 31.0. The first-order chi connectivity index (χ1) is 9.13. The van der Waals surface area contributed by atoms with Crippen LogP contribution in [0.25, 0.3) is 0 Å². The second kappa shape index (κ2) is 5.22. The molecule has 104 valence electrons. The van der Waals surface area contributed by atoms with Crippen molar-refractivity contribution in [2.75, 3.05) is 0 Å². The van der Waals surface area contributed by atoms with Gasteiger partial charge in [0.25, 0.3) is 0 Å². The van der Waals surface area contributed by atoms with Crippen molar-refractivity contribution >= 4 is 0 Å². The van der Waals surface area contributed by atoms with Crippen molar-refractivity contribution in [2.45, 2.75) is 51.9 Å². The zero-order valence-electron chi connectivity index (χ0n) is 11.6. The Morgan fingerprint density at radius 1 is 0.842 bits per heavy atom. The third kappa shape index (κ3) is 2.68. The Morgan fingerprint density at radius 2 is 1.47 bits per heavy atom. The van der Waals surface area contributed by atoms with Crippen LogP contribution in [0.2, 0.25) is 0 Å². The summed E-state index contributed by atoms with van der Waals surface area (Å²) in [5, 5.41) is 0. The van der Waals surface area contributed by atoms with Gasteiger partial charge in [0.05, 0.1) is 0 Å². The zero-order valence-corrected chi connectivity index (χ0v) is 11.6. The standard InChI is InChI=1S/C17H22F2/c1-11-2-4-12(5-3-11)13-6-7-14-9-16(18)17(19)10-15(14)8-13/h9-13H,2-8H2,1H3. The Balaban J connectivity index is 1.73. The van der Waals surface area contributed by atoms with E-state index in [0.29, 0.717) is 5.92 Å². The second-order valence-corrected chi connectivity index (χ2v) is 6.56. The number of halogens is 2. The van der Waals surface area contributed by atoms with E-state index in [1.807, 2.05) is 0 Å². The van der Waals surface area contributed by atoms with E-state index in [-0.39, 0.29) is 0 Å². The van der Waals surface area contributed by atoms with Crippen molar-refractivity contribution in [2.24, 2.45) is 17.8 Å². The quantitative estimate of drug-likeness (QED) is 0.677. The Morgan fingerprint density at radius 3 is 2.16 bits per heavy atom. The molecule has 0 aromatic heterocycles. The summed E-state index contributed by atoms with van der Waals surface area (Å²) in [6.45, 7) is 2.34. The molecule has 1 atom stereocenters. The summed E-state index contributed by atoms with van der Waals surface area (Å²) in [4.78, 5) is 0. The van der Waals surface area contributed by atoms with Crippen molar-refractivity contribution in [1.29, 1.82) is 0 Å². The maximum atomic E-state index is 13.4. The van der Waals surface area contributed by atoms with Crippen LogP contribution in [0, 0.1) is 29.4 Å². The average Bonchev–Trinajstić information content (AvgIpc) is 2.40. The number of rotatable bonds is 1. The van der Waals surface area contributed by atoms with Crippen LogP contribution >= 0.6 is 0 Å². The Labute approximate surface area is 114 Å². The van der Waals surface area contributed by atoms with Gasteiger partial charge in [0.2, 0.25) is 0 Å². The molecule has 2 heteroatoms. The Kier molecular flexibility index (Phi) is 3.60. The fraction of sp³-hybridized carbons (Fsp3) is 0.647. The lowest BCUT2D eigenvalue weighted by molar-refractivity contribution is 0.196. The van der Waals surface area contributed by atoms with Gasteiger partial charge in [-0.25, -0.2) is 8.78 Å². The molecule has 3 rings (SSSR count). The summed E-state index contributed by atoms with van der Waals surface area (Å²) in [6, 6.07) is 2.84. The fourth-order valence-electron chi connectivity index (χ4n) is 3.94. The third-order valence-corrected chi connectivity index (χ3v) is 5.24. The molecule has 0 aliphatic heterocycles. The molecule has 1 unspecified atom stereocenters. The van der Waals surface area contributed by atoms with E-state index in [0.717, 1.165) is 42.2 Å². The van der Waals surface area contributed by atoms with Crippen molar-refractivity contribution in [3.05, 3.63) is 34.9 Å². The van der Waals surface area contributed by atoms with Gasteiger partial charge in [0, 0.05) is 0 Å². The lowest BCUT2D eigenvalue weighted by Crippen LogP contribution is -2.26. The van der Waals surface area contributed by atoms with Gasteiger partial charge in [-0.15, -0.1) is 0 Å². The molecule has 0 saturated heterocycles. The summed E-state index contributed by atoms with van der Waals surface area (Å²) in [7, 11) is 0. The molecule has 1 aromatic rings. The highest BCUT2D eigenvalue weighted by atomic mass is 19.2. The SMILES string of the molecule is CC1CCC(C2CCc3cc(F)c(F)cc3C2)CC1. The molecule has 0 spiro atoms. The van der Waals surface area contributed by atoms with Gasteiger partial charge in [0.1, 0.15) is 0 Å². The van der Waals surface area contributed by atoms with Crippen LogP contribution in [0.15, 0.2) is 12.1 Å². The van der Waals surface area contributed by atoms with E-state index in [1.54, 1.807) is 0 Å². The van der Waals surface area contributed by atoms with Crippen molar-refractivity contribution in [1.82, 2.24) is 0 Å². The van der Waals surface area contributed by atoms with Crippen LogP contribution in [0.4, 0.5) is 8.78 Å². The van der Waals surface area contributed by atoms with Crippen LogP contribution in [0.3, 0.4) is 0 Å². The summed E-state index contributed by atoms with van der Waals surface area (Å²) in [5.41, 5.74) is 2.08. The summed E-state index contributed by atoms with van der Waals surface area (Å²) >= 11 is 0. The molecular formula is C17H22F2. The van der Waals surface area contributed by atoms with Crippen LogP contribution in [0.1, 0.15) is 50.2 Å².